The Labute approximate surface area is 330 Å². The van der Waals surface area contributed by atoms with Crippen molar-refractivity contribution in [3.05, 3.63) is 188 Å². The Morgan fingerprint density at radius 1 is 0.310 bits per heavy atom. The van der Waals surface area contributed by atoms with E-state index in [4.69, 9.17) is 4.42 Å². The molecule has 0 spiro atoms. The molecular formula is C54H31N3O. The molecule has 0 fully saturated rings. The zero-order valence-electron chi connectivity index (χ0n) is 31.1. The minimum absolute atomic E-state index is 0.903. The highest BCUT2D eigenvalue weighted by Crippen LogP contribution is 2.44. The van der Waals surface area contributed by atoms with Crippen molar-refractivity contribution in [2.45, 2.75) is 0 Å². The summed E-state index contributed by atoms with van der Waals surface area (Å²) >= 11 is 0. The van der Waals surface area contributed by atoms with Gasteiger partial charge in [-0.05, 0) is 83.9 Å². The summed E-state index contributed by atoms with van der Waals surface area (Å²) in [5, 5.41) is 12.3. The van der Waals surface area contributed by atoms with Gasteiger partial charge in [0.05, 0.1) is 44.3 Å². The van der Waals surface area contributed by atoms with Crippen molar-refractivity contribution in [3.8, 4) is 22.5 Å². The summed E-state index contributed by atoms with van der Waals surface area (Å²) in [5.74, 6) is 0. The van der Waals surface area contributed by atoms with Crippen LogP contribution in [0.3, 0.4) is 0 Å². The number of nitrogens with zero attached hydrogens (tertiary/aromatic N) is 3. The van der Waals surface area contributed by atoms with E-state index < -0.39 is 0 Å². The van der Waals surface area contributed by atoms with Crippen molar-refractivity contribution in [1.29, 1.82) is 0 Å². The van der Waals surface area contributed by atoms with E-state index in [0.717, 1.165) is 38.7 Å². The number of furan rings is 1. The molecule has 5 heterocycles. The fourth-order valence-electron chi connectivity index (χ4n) is 10.3. The van der Waals surface area contributed by atoms with Gasteiger partial charge >= 0.3 is 0 Å². The van der Waals surface area contributed by atoms with E-state index in [-0.39, 0.29) is 0 Å². The smallest absolute Gasteiger partial charge is 0.159 e. The van der Waals surface area contributed by atoms with Crippen molar-refractivity contribution < 1.29 is 4.42 Å². The minimum atomic E-state index is 0.903. The molecule has 0 saturated heterocycles. The lowest BCUT2D eigenvalue weighted by molar-refractivity contribution is 0.666. The molecule has 0 bridgehead atoms. The molecule has 0 amide bonds. The molecule has 0 aliphatic carbocycles. The first kappa shape index (κ1) is 30.4. The maximum Gasteiger partial charge on any atom is 0.159 e. The fraction of sp³-hybridized carbons (Fsp3) is 0. The Kier molecular flexibility index (Phi) is 5.73. The molecule has 0 atom stereocenters. The lowest BCUT2D eigenvalue weighted by atomic mass is 10.0. The van der Waals surface area contributed by atoms with Crippen LogP contribution in [0.25, 0.3) is 126 Å². The molecule has 4 heteroatoms. The highest BCUT2D eigenvalue weighted by atomic mass is 16.3. The molecule has 0 N–H and O–H groups in total. The predicted molar refractivity (Wildman–Crippen MR) is 242 cm³/mol. The Balaban J connectivity index is 0.981. The van der Waals surface area contributed by atoms with Gasteiger partial charge in [-0.2, -0.15) is 0 Å². The number of para-hydroxylation sites is 6. The van der Waals surface area contributed by atoms with E-state index in [0.29, 0.717) is 0 Å². The molecule has 268 valence electrons. The summed E-state index contributed by atoms with van der Waals surface area (Å²) in [5.41, 5.74) is 14.9. The van der Waals surface area contributed by atoms with Crippen molar-refractivity contribution in [2.24, 2.45) is 0 Å². The average molecular weight is 738 g/mol. The molecule has 58 heavy (non-hydrogen) atoms. The second-order valence-electron chi connectivity index (χ2n) is 15.7. The van der Waals surface area contributed by atoms with Crippen LogP contribution >= 0.6 is 0 Å². The van der Waals surface area contributed by atoms with E-state index in [1.807, 2.05) is 6.07 Å². The number of aromatic nitrogens is 3. The molecule has 0 unspecified atom stereocenters. The summed E-state index contributed by atoms with van der Waals surface area (Å²) in [6.45, 7) is 0. The maximum atomic E-state index is 6.55. The maximum absolute atomic E-state index is 6.55. The summed E-state index contributed by atoms with van der Waals surface area (Å²) in [6, 6.07) is 68.8. The number of hydrogen-bond acceptors (Lipinski definition) is 1. The third kappa shape index (κ3) is 3.84. The van der Waals surface area contributed by atoms with Gasteiger partial charge in [-0.1, -0.05) is 115 Å². The van der Waals surface area contributed by atoms with E-state index >= 15 is 0 Å². The number of rotatable bonds is 3. The molecule has 4 nitrogen and oxygen atoms in total. The van der Waals surface area contributed by atoms with Crippen LogP contribution in [0.4, 0.5) is 0 Å². The van der Waals surface area contributed by atoms with E-state index in [2.05, 4.69) is 196 Å². The first-order chi connectivity index (χ1) is 28.8. The van der Waals surface area contributed by atoms with Crippen molar-refractivity contribution >= 4 is 104 Å². The molecule has 14 aromatic rings. The van der Waals surface area contributed by atoms with Gasteiger partial charge in [0.2, 0.25) is 0 Å². The normalized spacial score (nSPS) is 12.5. The zero-order valence-corrected chi connectivity index (χ0v) is 31.1. The zero-order chi connectivity index (χ0) is 37.6. The van der Waals surface area contributed by atoms with Crippen molar-refractivity contribution in [1.82, 2.24) is 13.5 Å². The number of fused-ring (bicyclic) bond motifs is 15. The van der Waals surface area contributed by atoms with Crippen molar-refractivity contribution in [3.63, 3.8) is 0 Å². The topological polar surface area (TPSA) is 27.4 Å². The summed E-state index contributed by atoms with van der Waals surface area (Å²) in [7, 11) is 0. The summed E-state index contributed by atoms with van der Waals surface area (Å²) < 4.78 is 13.8. The molecule has 5 aromatic heterocycles. The second kappa shape index (κ2) is 10.9. The van der Waals surface area contributed by atoms with Crippen LogP contribution in [0.2, 0.25) is 0 Å². The van der Waals surface area contributed by atoms with E-state index in [9.17, 15) is 0 Å². The Bertz CT molecular complexity index is 3960. The molecule has 0 radical (unpaired) electrons. The first-order valence-electron chi connectivity index (χ1n) is 19.9. The lowest BCUT2D eigenvalue weighted by Gasteiger charge is -2.10. The third-order valence-electron chi connectivity index (χ3n) is 12.7. The molecule has 0 aliphatic rings. The van der Waals surface area contributed by atoms with Gasteiger partial charge in [0.15, 0.2) is 5.58 Å². The van der Waals surface area contributed by atoms with Gasteiger partial charge in [-0.15, -0.1) is 0 Å². The SMILES string of the molecule is c1ccc2c(c1)oc1c(-n3c4ccccc4c4cc(-c5ccc6c(c5)c5ccccc5n6-c5cc6c7ccccc7n7c8ccccc8c(c5)c67)ccc43)cccc12. The number of hydrogen-bond donors (Lipinski definition) is 0. The number of benzene rings is 9. The quantitative estimate of drug-likeness (QED) is 0.177. The fourth-order valence-corrected chi connectivity index (χ4v) is 10.3. The molecular weight excluding hydrogens is 707 g/mol. The Morgan fingerprint density at radius 3 is 1.40 bits per heavy atom. The van der Waals surface area contributed by atoms with Crippen LogP contribution < -0.4 is 0 Å². The second-order valence-corrected chi connectivity index (χ2v) is 15.7. The Hall–Kier alpha value is -7.82. The lowest BCUT2D eigenvalue weighted by Crippen LogP contribution is -1.94. The Morgan fingerprint density at radius 2 is 0.776 bits per heavy atom. The molecule has 14 rings (SSSR count). The standard InChI is InChI=1S/C54H31N3O/c1-6-18-45-35(12-1)41-28-32(24-26-49(41)55(45)34-30-43-37-14-3-8-20-47(37)57-48-21-9-4-15-38(48)44(31-34)53(43)57)33-25-27-50-42(29-33)36-13-2-7-19-46(36)56(50)51-22-11-17-40-39-16-5-10-23-52(39)58-54(40)51/h1-31H. The van der Waals surface area contributed by atoms with Crippen LogP contribution in [-0.4, -0.2) is 13.5 Å². The third-order valence-corrected chi connectivity index (χ3v) is 12.7. The largest absolute Gasteiger partial charge is 0.454 e. The van der Waals surface area contributed by atoms with Crippen LogP contribution in [-0.2, 0) is 0 Å². The average Bonchev–Trinajstić information content (AvgIpc) is 4.08. The molecule has 0 saturated carbocycles. The van der Waals surface area contributed by atoms with Gasteiger partial charge in [-0.25, -0.2) is 0 Å². The highest BCUT2D eigenvalue weighted by molar-refractivity contribution is 6.24. The van der Waals surface area contributed by atoms with Crippen LogP contribution in [0.1, 0.15) is 0 Å². The van der Waals surface area contributed by atoms with E-state index in [1.165, 1.54) is 87.5 Å². The monoisotopic (exact) mass is 737 g/mol. The van der Waals surface area contributed by atoms with Crippen LogP contribution in [0, 0.1) is 0 Å². The van der Waals surface area contributed by atoms with E-state index in [1.54, 1.807) is 0 Å². The molecule has 0 aliphatic heterocycles. The van der Waals surface area contributed by atoms with Gasteiger partial charge < -0.3 is 18.0 Å². The van der Waals surface area contributed by atoms with Gasteiger partial charge in [0, 0.05) is 59.5 Å². The summed E-state index contributed by atoms with van der Waals surface area (Å²) in [6.07, 6.45) is 0. The predicted octanol–water partition coefficient (Wildman–Crippen LogP) is 14.6. The first-order valence-corrected chi connectivity index (χ1v) is 19.9. The van der Waals surface area contributed by atoms with Crippen LogP contribution in [0.5, 0.6) is 0 Å². The minimum Gasteiger partial charge on any atom is -0.454 e. The molecule has 9 aromatic carbocycles. The van der Waals surface area contributed by atoms with Gasteiger partial charge in [-0.3, -0.25) is 0 Å². The summed E-state index contributed by atoms with van der Waals surface area (Å²) in [4.78, 5) is 0. The van der Waals surface area contributed by atoms with Crippen molar-refractivity contribution in [2.75, 3.05) is 0 Å². The van der Waals surface area contributed by atoms with Crippen LogP contribution in [0.15, 0.2) is 192 Å². The van der Waals surface area contributed by atoms with Gasteiger partial charge in [0.1, 0.15) is 5.58 Å². The van der Waals surface area contributed by atoms with Gasteiger partial charge in [0.25, 0.3) is 0 Å². The highest BCUT2D eigenvalue weighted by Gasteiger charge is 2.22.